The number of rotatable bonds is 3. The summed E-state index contributed by atoms with van der Waals surface area (Å²) in [5.41, 5.74) is 1.19. The van der Waals surface area contributed by atoms with E-state index in [0.717, 1.165) is 21.5 Å². The summed E-state index contributed by atoms with van der Waals surface area (Å²) in [7, 11) is 0. The molecule has 0 aliphatic carbocycles. The van der Waals surface area contributed by atoms with Crippen LogP contribution in [-0.2, 0) is 16.9 Å². The number of hydrogen-bond donors (Lipinski definition) is 1. The smallest absolute Gasteiger partial charge is 0.143 e. The summed E-state index contributed by atoms with van der Waals surface area (Å²) in [6.45, 7) is 6.43. The predicted octanol–water partition coefficient (Wildman–Crippen LogP) is 3.92. The van der Waals surface area contributed by atoms with Crippen molar-refractivity contribution in [2.75, 3.05) is 6.61 Å². The van der Waals surface area contributed by atoms with Crippen molar-refractivity contribution < 1.29 is 9.29 Å². The van der Waals surface area contributed by atoms with Crippen molar-refractivity contribution in [3.63, 3.8) is 0 Å². The zero-order chi connectivity index (χ0) is 17.4. The van der Waals surface area contributed by atoms with Crippen LogP contribution < -0.4 is 9.46 Å². The van der Waals surface area contributed by atoms with Crippen LogP contribution >= 0.6 is 15.9 Å². The molecule has 24 heavy (non-hydrogen) atoms. The van der Waals surface area contributed by atoms with Gasteiger partial charge in [0.15, 0.2) is 0 Å². The molecule has 0 amide bonds. The van der Waals surface area contributed by atoms with Crippen LogP contribution in [0.25, 0.3) is 0 Å². The minimum absolute atomic E-state index is 0.379. The summed E-state index contributed by atoms with van der Waals surface area (Å²) < 4.78 is 22.7. The first-order valence-electron chi connectivity index (χ1n) is 7.87. The largest absolute Gasteiger partial charge is 0.598 e. The third kappa shape index (κ3) is 3.33. The Balaban J connectivity index is 2.14. The van der Waals surface area contributed by atoms with Gasteiger partial charge in [0, 0.05) is 28.5 Å². The maximum atomic E-state index is 12.9. The lowest BCUT2D eigenvalue weighted by Gasteiger charge is -2.40. The number of halogens is 1. The SMILES string of the molecule is CC(C)(C)[S@@+]([O-])N[C@]1(c2ccc(Br)cc2)CCOc2cccnc21. The highest BCUT2D eigenvalue weighted by Crippen LogP contribution is 2.42. The van der Waals surface area contributed by atoms with Gasteiger partial charge in [0.05, 0.1) is 6.61 Å². The molecule has 0 spiro atoms. The van der Waals surface area contributed by atoms with Crippen LogP contribution in [0.4, 0.5) is 0 Å². The van der Waals surface area contributed by atoms with E-state index < -0.39 is 16.9 Å². The predicted molar refractivity (Wildman–Crippen MR) is 100 cm³/mol. The fourth-order valence-electron chi connectivity index (χ4n) is 2.75. The number of fused-ring (bicyclic) bond motifs is 1. The molecule has 0 fully saturated rings. The molecule has 3 rings (SSSR count). The number of benzene rings is 1. The van der Waals surface area contributed by atoms with E-state index in [4.69, 9.17) is 4.74 Å². The zero-order valence-corrected chi connectivity index (χ0v) is 16.4. The van der Waals surface area contributed by atoms with Crippen molar-refractivity contribution in [2.24, 2.45) is 0 Å². The molecule has 6 heteroatoms. The summed E-state index contributed by atoms with van der Waals surface area (Å²) in [4.78, 5) is 4.57. The quantitative estimate of drug-likeness (QED) is 0.781. The van der Waals surface area contributed by atoms with Gasteiger partial charge in [-0.05, 0) is 50.6 Å². The van der Waals surface area contributed by atoms with Crippen LogP contribution in [0.3, 0.4) is 0 Å². The number of pyridine rings is 1. The minimum atomic E-state index is -1.24. The molecule has 1 aromatic heterocycles. The monoisotopic (exact) mass is 408 g/mol. The molecule has 1 aliphatic heterocycles. The number of aromatic nitrogens is 1. The molecule has 2 aromatic rings. The van der Waals surface area contributed by atoms with Crippen LogP contribution in [0.1, 0.15) is 38.4 Å². The van der Waals surface area contributed by atoms with Crippen LogP contribution in [-0.4, -0.2) is 20.9 Å². The van der Waals surface area contributed by atoms with Gasteiger partial charge < -0.3 is 9.29 Å². The van der Waals surface area contributed by atoms with E-state index >= 15 is 0 Å². The van der Waals surface area contributed by atoms with E-state index in [-0.39, 0.29) is 4.75 Å². The highest BCUT2D eigenvalue weighted by Gasteiger charge is 2.46. The van der Waals surface area contributed by atoms with E-state index in [1.807, 2.05) is 57.2 Å². The molecular formula is C18H21BrN2O2S. The van der Waals surface area contributed by atoms with Crippen LogP contribution in [0.2, 0.25) is 0 Å². The Hall–Kier alpha value is -1.08. The van der Waals surface area contributed by atoms with Crippen molar-refractivity contribution in [3.8, 4) is 5.75 Å². The summed E-state index contributed by atoms with van der Waals surface area (Å²) in [6.07, 6.45) is 2.42. The second kappa shape index (κ2) is 6.67. The highest BCUT2D eigenvalue weighted by atomic mass is 79.9. The first kappa shape index (κ1) is 17.7. The number of hydrogen-bond acceptors (Lipinski definition) is 4. The molecule has 2 atom stereocenters. The number of ether oxygens (including phenoxy) is 1. The first-order valence-corrected chi connectivity index (χ1v) is 9.81. The van der Waals surface area contributed by atoms with E-state index in [2.05, 4.69) is 25.6 Å². The number of nitrogens with zero attached hydrogens (tertiary/aromatic N) is 1. The standard InChI is InChI=1S/C18H21BrN2O2S/c1-17(2,3)24(22)21-18(13-6-8-14(19)9-7-13)10-12-23-15-5-4-11-20-16(15)18/h4-9,11,21H,10,12H2,1-3H3/t18-,24+/m0/s1. The van der Waals surface area contributed by atoms with E-state index in [0.29, 0.717) is 13.0 Å². The lowest BCUT2D eigenvalue weighted by Crippen LogP contribution is -2.54. The lowest BCUT2D eigenvalue weighted by atomic mass is 9.82. The van der Waals surface area contributed by atoms with Gasteiger partial charge >= 0.3 is 0 Å². The lowest BCUT2D eigenvalue weighted by molar-refractivity contribution is 0.221. The maximum absolute atomic E-state index is 12.9. The molecule has 2 heterocycles. The average Bonchev–Trinajstić information content (AvgIpc) is 2.55. The Kier molecular flexibility index (Phi) is 4.93. The zero-order valence-electron chi connectivity index (χ0n) is 14.0. The fourth-order valence-corrected chi connectivity index (χ4v) is 3.95. The van der Waals surface area contributed by atoms with Gasteiger partial charge in [-0.1, -0.05) is 28.1 Å². The van der Waals surface area contributed by atoms with Crippen molar-refractivity contribution in [1.82, 2.24) is 9.71 Å². The topological polar surface area (TPSA) is 57.2 Å². The van der Waals surface area contributed by atoms with Crippen LogP contribution in [0, 0.1) is 0 Å². The number of nitrogens with one attached hydrogen (secondary N) is 1. The Labute approximate surface area is 154 Å². The molecular weight excluding hydrogens is 388 g/mol. The van der Waals surface area contributed by atoms with Gasteiger partial charge in [0.1, 0.15) is 21.7 Å². The Bertz CT molecular complexity index is 718. The van der Waals surface area contributed by atoms with Crippen LogP contribution in [0.15, 0.2) is 47.1 Å². The van der Waals surface area contributed by atoms with Crippen molar-refractivity contribution in [1.29, 1.82) is 0 Å². The summed E-state index contributed by atoms with van der Waals surface area (Å²) in [6, 6.07) is 11.9. The first-order chi connectivity index (χ1) is 11.3. The van der Waals surface area contributed by atoms with Gasteiger partial charge in [-0.15, -0.1) is 4.72 Å². The molecule has 0 unspecified atom stereocenters. The van der Waals surface area contributed by atoms with Gasteiger partial charge in [-0.25, -0.2) is 0 Å². The molecule has 0 radical (unpaired) electrons. The van der Waals surface area contributed by atoms with Gasteiger partial charge in [0.2, 0.25) is 0 Å². The highest BCUT2D eigenvalue weighted by molar-refractivity contribution is 9.10. The average molecular weight is 409 g/mol. The molecule has 4 nitrogen and oxygen atoms in total. The molecule has 1 aromatic carbocycles. The van der Waals surface area contributed by atoms with Gasteiger partial charge in [-0.3, -0.25) is 4.98 Å². The van der Waals surface area contributed by atoms with E-state index in [1.165, 1.54) is 0 Å². The molecule has 1 aliphatic rings. The minimum Gasteiger partial charge on any atom is -0.598 e. The maximum Gasteiger partial charge on any atom is 0.143 e. The Morgan fingerprint density at radius 3 is 2.62 bits per heavy atom. The van der Waals surface area contributed by atoms with Crippen molar-refractivity contribution in [3.05, 3.63) is 58.3 Å². The molecule has 0 bridgehead atoms. The van der Waals surface area contributed by atoms with Crippen molar-refractivity contribution in [2.45, 2.75) is 37.5 Å². The third-order valence-corrected chi connectivity index (χ3v) is 6.24. The Morgan fingerprint density at radius 1 is 1.25 bits per heavy atom. The summed E-state index contributed by atoms with van der Waals surface area (Å²) in [5, 5.41) is 0. The molecule has 128 valence electrons. The third-order valence-electron chi connectivity index (χ3n) is 4.07. The second-order valence-electron chi connectivity index (χ2n) is 6.84. The van der Waals surface area contributed by atoms with Gasteiger partial charge in [0.25, 0.3) is 0 Å². The molecule has 1 N–H and O–H groups in total. The summed E-state index contributed by atoms with van der Waals surface area (Å²) >= 11 is 2.24. The second-order valence-corrected chi connectivity index (χ2v) is 9.73. The van der Waals surface area contributed by atoms with Crippen molar-refractivity contribution >= 4 is 27.3 Å². The van der Waals surface area contributed by atoms with E-state index in [9.17, 15) is 4.55 Å². The fraction of sp³-hybridized carbons (Fsp3) is 0.389. The summed E-state index contributed by atoms with van der Waals surface area (Å²) in [5.74, 6) is 0.741. The van der Waals surface area contributed by atoms with Gasteiger partial charge in [-0.2, -0.15) is 0 Å². The van der Waals surface area contributed by atoms with E-state index in [1.54, 1.807) is 6.20 Å². The Morgan fingerprint density at radius 2 is 1.96 bits per heavy atom. The molecule has 0 saturated carbocycles. The molecule has 0 saturated heterocycles. The van der Waals surface area contributed by atoms with Crippen LogP contribution in [0.5, 0.6) is 5.75 Å². The normalized spacial score (nSPS) is 21.7.